The second kappa shape index (κ2) is 7.54. The van der Waals surface area contributed by atoms with E-state index < -0.39 is 0 Å². The summed E-state index contributed by atoms with van der Waals surface area (Å²) in [5.41, 5.74) is 3.02. The van der Waals surface area contributed by atoms with Crippen LogP contribution in [0.4, 0.5) is 4.39 Å². The molecule has 2 aromatic carbocycles. The normalized spacial score (nSPS) is 16.1. The molecular weight excluding hydrogens is 339 g/mol. The van der Waals surface area contributed by atoms with Crippen LogP contribution in [0.25, 0.3) is 0 Å². The largest absolute Gasteiger partial charge is 0.340 e. The van der Waals surface area contributed by atoms with Crippen LogP contribution in [-0.4, -0.2) is 36.3 Å². The van der Waals surface area contributed by atoms with Gasteiger partial charge in [0.1, 0.15) is 5.82 Å². The number of likely N-dealkylation sites (N-methyl/N-ethyl adjacent to an activating group) is 2. The zero-order valence-corrected chi connectivity index (χ0v) is 15.3. The number of benzene rings is 2. The predicted octanol–water partition coefficient (Wildman–Crippen LogP) is 4.06. The molecule has 1 aliphatic rings. The number of nitrogens with zero attached hydrogens (tertiary/aromatic N) is 2. The van der Waals surface area contributed by atoms with E-state index in [1.54, 1.807) is 19.2 Å². The summed E-state index contributed by atoms with van der Waals surface area (Å²) in [7, 11) is 3.65. The number of halogens is 2. The lowest BCUT2D eigenvalue weighted by Crippen LogP contribution is -2.37. The molecule has 3 rings (SSSR count). The molecule has 0 saturated heterocycles. The Morgan fingerprint density at radius 1 is 1.20 bits per heavy atom. The SMILES string of the molecule is CN(Cc1c(F)cccc1Cl)C(=O)CN(C)C1CCc2ccccc21. The highest BCUT2D eigenvalue weighted by atomic mass is 35.5. The van der Waals surface area contributed by atoms with Crippen LogP contribution in [0.1, 0.15) is 29.2 Å². The molecule has 25 heavy (non-hydrogen) atoms. The van der Waals surface area contributed by atoms with Gasteiger partial charge in [-0.1, -0.05) is 41.9 Å². The van der Waals surface area contributed by atoms with Crippen molar-refractivity contribution in [2.24, 2.45) is 0 Å². The van der Waals surface area contributed by atoms with E-state index >= 15 is 0 Å². The molecule has 0 bridgehead atoms. The fraction of sp³-hybridized carbons (Fsp3) is 0.350. The predicted molar refractivity (Wildman–Crippen MR) is 98.0 cm³/mol. The van der Waals surface area contributed by atoms with Crippen LogP contribution in [0.5, 0.6) is 0 Å². The molecule has 0 N–H and O–H groups in total. The molecule has 0 spiro atoms. The summed E-state index contributed by atoms with van der Waals surface area (Å²) < 4.78 is 13.9. The quantitative estimate of drug-likeness (QED) is 0.802. The topological polar surface area (TPSA) is 23.6 Å². The Morgan fingerprint density at radius 3 is 2.72 bits per heavy atom. The Hall–Kier alpha value is -1.91. The van der Waals surface area contributed by atoms with Gasteiger partial charge in [-0.3, -0.25) is 9.69 Å². The second-order valence-electron chi connectivity index (χ2n) is 6.62. The lowest BCUT2D eigenvalue weighted by Gasteiger charge is -2.27. The molecule has 1 atom stereocenters. The Morgan fingerprint density at radius 2 is 1.96 bits per heavy atom. The molecule has 0 heterocycles. The smallest absolute Gasteiger partial charge is 0.236 e. The zero-order valence-electron chi connectivity index (χ0n) is 14.5. The van der Waals surface area contributed by atoms with Crippen molar-refractivity contribution in [2.75, 3.05) is 20.6 Å². The number of hydrogen-bond donors (Lipinski definition) is 0. The standard InChI is InChI=1S/C20H22ClFN2O/c1-23(19-11-10-14-6-3-4-7-15(14)19)13-20(25)24(2)12-16-17(21)8-5-9-18(16)22/h3-9,19H,10-13H2,1-2H3. The monoisotopic (exact) mass is 360 g/mol. The van der Waals surface area contributed by atoms with Gasteiger partial charge in [-0.25, -0.2) is 4.39 Å². The van der Waals surface area contributed by atoms with Crippen LogP contribution >= 0.6 is 11.6 Å². The van der Waals surface area contributed by atoms with E-state index in [0.717, 1.165) is 12.8 Å². The maximum absolute atomic E-state index is 13.9. The van der Waals surface area contributed by atoms with Crippen molar-refractivity contribution < 1.29 is 9.18 Å². The number of hydrogen-bond acceptors (Lipinski definition) is 2. The van der Waals surface area contributed by atoms with Gasteiger partial charge in [-0.2, -0.15) is 0 Å². The number of amides is 1. The van der Waals surface area contributed by atoms with Crippen LogP contribution in [-0.2, 0) is 17.8 Å². The highest BCUT2D eigenvalue weighted by molar-refractivity contribution is 6.31. The minimum atomic E-state index is -0.384. The van der Waals surface area contributed by atoms with Gasteiger partial charge in [0.25, 0.3) is 0 Å². The molecule has 3 nitrogen and oxygen atoms in total. The fourth-order valence-corrected chi connectivity index (χ4v) is 3.67. The molecule has 0 aliphatic heterocycles. The van der Waals surface area contributed by atoms with E-state index in [9.17, 15) is 9.18 Å². The van der Waals surface area contributed by atoms with E-state index in [2.05, 4.69) is 23.1 Å². The van der Waals surface area contributed by atoms with Crippen molar-refractivity contribution in [1.29, 1.82) is 0 Å². The molecule has 132 valence electrons. The van der Waals surface area contributed by atoms with Crippen LogP contribution in [0.15, 0.2) is 42.5 Å². The summed E-state index contributed by atoms with van der Waals surface area (Å²) in [6, 6.07) is 13.2. The van der Waals surface area contributed by atoms with Gasteiger partial charge in [-0.05, 0) is 43.1 Å². The molecular formula is C20H22ClFN2O. The molecule has 0 radical (unpaired) electrons. The average Bonchev–Trinajstić information content (AvgIpc) is 3.02. The van der Waals surface area contributed by atoms with Crippen molar-refractivity contribution >= 4 is 17.5 Å². The van der Waals surface area contributed by atoms with Gasteiger partial charge in [0.2, 0.25) is 5.91 Å². The Bertz CT molecular complexity index is 760. The van der Waals surface area contributed by atoms with Crippen LogP contribution < -0.4 is 0 Å². The summed E-state index contributed by atoms with van der Waals surface area (Å²) in [4.78, 5) is 16.2. The lowest BCUT2D eigenvalue weighted by molar-refractivity contribution is -0.131. The second-order valence-corrected chi connectivity index (χ2v) is 7.03. The van der Waals surface area contributed by atoms with Crippen LogP contribution in [0, 0.1) is 5.82 Å². The number of fused-ring (bicyclic) bond motifs is 1. The van der Waals surface area contributed by atoms with E-state index in [1.807, 2.05) is 13.1 Å². The Kier molecular flexibility index (Phi) is 5.40. The third kappa shape index (κ3) is 3.86. The number of carbonyl (C=O) groups is 1. The minimum Gasteiger partial charge on any atom is -0.340 e. The van der Waals surface area contributed by atoms with Gasteiger partial charge in [0.05, 0.1) is 6.54 Å². The van der Waals surface area contributed by atoms with Crippen LogP contribution in [0.2, 0.25) is 5.02 Å². The summed E-state index contributed by atoms with van der Waals surface area (Å²) in [5, 5.41) is 0.345. The lowest BCUT2D eigenvalue weighted by atomic mass is 10.1. The third-order valence-electron chi connectivity index (χ3n) is 4.90. The van der Waals surface area contributed by atoms with E-state index in [-0.39, 0.29) is 24.3 Å². The molecule has 0 saturated carbocycles. The van der Waals surface area contributed by atoms with E-state index in [0.29, 0.717) is 17.1 Å². The van der Waals surface area contributed by atoms with Crippen molar-refractivity contribution in [3.8, 4) is 0 Å². The summed E-state index contributed by atoms with van der Waals surface area (Å²) in [5.74, 6) is -0.434. The summed E-state index contributed by atoms with van der Waals surface area (Å²) in [6.07, 6.45) is 2.06. The molecule has 5 heteroatoms. The van der Waals surface area contributed by atoms with E-state index in [1.165, 1.54) is 22.1 Å². The van der Waals surface area contributed by atoms with Crippen LogP contribution in [0.3, 0.4) is 0 Å². The first kappa shape index (κ1) is 17.9. The van der Waals surface area contributed by atoms with Crippen molar-refractivity contribution in [3.05, 3.63) is 70.0 Å². The first-order valence-corrected chi connectivity index (χ1v) is 8.80. The Balaban J connectivity index is 1.64. The molecule has 1 unspecified atom stereocenters. The molecule has 2 aromatic rings. The maximum atomic E-state index is 13.9. The fourth-order valence-electron chi connectivity index (χ4n) is 3.45. The highest BCUT2D eigenvalue weighted by Crippen LogP contribution is 2.34. The molecule has 1 amide bonds. The van der Waals surface area contributed by atoms with Gasteiger partial charge in [-0.15, -0.1) is 0 Å². The number of carbonyl (C=O) groups excluding carboxylic acids is 1. The van der Waals surface area contributed by atoms with Crippen molar-refractivity contribution in [3.63, 3.8) is 0 Å². The van der Waals surface area contributed by atoms with Gasteiger partial charge in [0, 0.05) is 30.2 Å². The average molecular weight is 361 g/mol. The van der Waals surface area contributed by atoms with Crippen molar-refractivity contribution in [2.45, 2.75) is 25.4 Å². The number of aryl methyl sites for hydroxylation is 1. The molecule has 1 aliphatic carbocycles. The van der Waals surface area contributed by atoms with Gasteiger partial charge < -0.3 is 4.90 Å². The Labute approximate surface area is 153 Å². The van der Waals surface area contributed by atoms with E-state index in [4.69, 9.17) is 11.6 Å². The number of rotatable bonds is 5. The molecule has 0 aromatic heterocycles. The first-order chi connectivity index (χ1) is 12.0. The highest BCUT2D eigenvalue weighted by Gasteiger charge is 2.27. The zero-order chi connectivity index (χ0) is 18.0. The minimum absolute atomic E-state index is 0.0498. The molecule has 0 fully saturated rings. The summed E-state index contributed by atoms with van der Waals surface area (Å²) >= 11 is 6.06. The third-order valence-corrected chi connectivity index (χ3v) is 5.25. The van der Waals surface area contributed by atoms with Gasteiger partial charge in [0.15, 0.2) is 0 Å². The maximum Gasteiger partial charge on any atom is 0.236 e. The van der Waals surface area contributed by atoms with Gasteiger partial charge >= 0.3 is 0 Å². The first-order valence-electron chi connectivity index (χ1n) is 8.42. The summed E-state index contributed by atoms with van der Waals surface area (Å²) in [6.45, 7) is 0.459. The van der Waals surface area contributed by atoms with Crippen molar-refractivity contribution in [1.82, 2.24) is 9.80 Å².